The van der Waals surface area contributed by atoms with E-state index >= 15 is 0 Å². The van der Waals surface area contributed by atoms with Gasteiger partial charge in [-0.3, -0.25) is 4.68 Å². The minimum atomic E-state index is -0.163. The maximum Gasteiger partial charge on any atom is 0.160 e. The van der Waals surface area contributed by atoms with Gasteiger partial charge < -0.3 is 9.53 Å². The molecule has 0 radical (unpaired) electrons. The fourth-order valence-corrected chi connectivity index (χ4v) is 2.87. The molecule has 0 N–H and O–H groups in total. The smallest absolute Gasteiger partial charge is 0.160 e. The summed E-state index contributed by atoms with van der Waals surface area (Å²) in [6.07, 6.45) is 3.84. The number of ether oxygens (including phenoxy) is 1. The number of rotatable bonds is 6. The Balaban J connectivity index is 1.78. The molecule has 2 atom stereocenters. The molecule has 1 heterocycles. The molecule has 3 rings (SSSR count). The average Bonchev–Trinajstić information content (AvgIpc) is 3.14. The van der Waals surface area contributed by atoms with Crippen molar-refractivity contribution in [2.45, 2.75) is 32.2 Å². The molecule has 0 aliphatic heterocycles. The molecule has 0 saturated heterocycles. The molecule has 110 valence electrons. The van der Waals surface area contributed by atoms with Crippen LogP contribution in [0.1, 0.15) is 24.6 Å². The van der Waals surface area contributed by atoms with E-state index in [1.807, 2.05) is 42.9 Å². The Morgan fingerprint density at radius 1 is 1.43 bits per heavy atom. The lowest BCUT2D eigenvalue weighted by Crippen LogP contribution is -2.21. The van der Waals surface area contributed by atoms with Crippen LogP contribution in [-0.4, -0.2) is 22.7 Å². The molecule has 1 aliphatic rings. The summed E-state index contributed by atoms with van der Waals surface area (Å²) in [7, 11) is 0. The number of carbonyl (C=O) groups excluding carboxylic acids is 1. The Bertz CT molecular complexity index is 635. The van der Waals surface area contributed by atoms with Crippen LogP contribution in [0, 0.1) is 12.8 Å². The van der Waals surface area contributed by atoms with Gasteiger partial charge in [0.05, 0.1) is 12.8 Å². The number of aryl methyl sites for hydroxylation is 2. The molecule has 21 heavy (non-hydrogen) atoms. The third kappa shape index (κ3) is 2.46. The molecule has 1 aliphatic carbocycles. The van der Waals surface area contributed by atoms with Gasteiger partial charge in [0.1, 0.15) is 12.0 Å². The molecule has 2 aromatic rings. The third-order valence-electron chi connectivity index (χ3n) is 4.36. The van der Waals surface area contributed by atoms with Crippen LogP contribution >= 0.6 is 0 Å². The normalized spacial score (nSPS) is 23.8. The van der Waals surface area contributed by atoms with Crippen LogP contribution in [0.2, 0.25) is 0 Å². The van der Waals surface area contributed by atoms with E-state index in [0.717, 1.165) is 30.7 Å². The van der Waals surface area contributed by atoms with E-state index in [9.17, 15) is 4.79 Å². The zero-order valence-corrected chi connectivity index (χ0v) is 12.5. The highest BCUT2D eigenvalue weighted by Crippen LogP contribution is 2.53. The van der Waals surface area contributed by atoms with E-state index in [1.165, 1.54) is 5.56 Å². The second-order valence-electron chi connectivity index (χ2n) is 5.69. The fraction of sp³-hybridized carbons (Fsp3) is 0.412. The van der Waals surface area contributed by atoms with E-state index in [-0.39, 0.29) is 11.3 Å². The van der Waals surface area contributed by atoms with Crippen LogP contribution in [0.3, 0.4) is 0 Å². The first kappa shape index (κ1) is 13.9. The van der Waals surface area contributed by atoms with Crippen molar-refractivity contribution in [3.8, 4) is 5.75 Å². The first-order valence-corrected chi connectivity index (χ1v) is 7.37. The van der Waals surface area contributed by atoms with Gasteiger partial charge in [0.15, 0.2) is 5.75 Å². The zero-order valence-electron chi connectivity index (χ0n) is 12.5. The summed E-state index contributed by atoms with van der Waals surface area (Å²) in [5.74, 6) is 0.866. The van der Waals surface area contributed by atoms with E-state index in [2.05, 4.69) is 17.2 Å². The van der Waals surface area contributed by atoms with Crippen LogP contribution in [0.25, 0.3) is 0 Å². The Labute approximate surface area is 124 Å². The van der Waals surface area contributed by atoms with E-state index in [4.69, 9.17) is 4.74 Å². The van der Waals surface area contributed by atoms with Crippen molar-refractivity contribution in [3.63, 3.8) is 0 Å². The quantitative estimate of drug-likeness (QED) is 0.766. The van der Waals surface area contributed by atoms with Crippen LogP contribution in [0.15, 0.2) is 36.5 Å². The Hall–Kier alpha value is -2.10. The molecule has 0 spiro atoms. The number of aromatic nitrogens is 2. The van der Waals surface area contributed by atoms with Crippen LogP contribution in [0.5, 0.6) is 5.75 Å². The van der Waals surface area contributed by atoms with Crippen molar-refractivity contribution >= 4 is 6.29 Å². The van der Waals surface area contributed by atoms with Crippen molar-refractivity contribution in [2.75, 3.05) is 6.61 Å². The summed E-state index contributed by atoms with van der Waals surface area (Å²) < 4.78 is 7.86. The second kappa shape index (κ2) is 5.35. The molecular formula is C17H20N2O2. The Morgan fingerprint density at radius 3 is 2.76 bits per heavy atom. The number of carbonyl (C=O) groups is 1. The average molecular weight is 284 g/mol. The summed E-state index contributed by atoms with van der Waals surface area (Å²) in [6, 6.07) is 10.2. The molecule has 1 aromatic heterocycles. The minimum Gasteiger partial charge on any atom is -0.489 e. The molecule has 4 heteroatoms. The number of aldehydes is 1. The fourth-order valence-electron chi connectivity index (χ4n) is 2.87. The van der Waals surface area contributed by atoms with Crippen molar-refractivity contribution < 1.29 is 9.53 Å². The van der Waals surface area contributed by atoms with Gasteiger partial charge in [-0.15, -0.1) is 0 Å². The minimum absolute atomic E-state index is 0.0569. The molecular weight excluding hydrogens is 264 g/mol. The number of hydrogen-bond acceptors (Lipinski definition) is 3. The summed E-state index contributed by atoms with van der Waals surface area (Å²) in [5.41, 5.74) is 1.91. The van der Waals surface area contributed by atoms with Gasteiger partial charge in [-0.25, -0.2) is 0 Å². The summed E-state index contributed by atoms with van der Waals surface area (Å²) >= 11 is 0. The standard InChI is InChI=1S/C17H20N2O2/c1-3-19-10-16(13(2)18-19)21-12-17(9-15(17)11-20)14-7-5-4-6-8-14/h4-8,10-11,15H,3,9,12H2,1-2H3/t15-,17+/m0/s1. The van der Waals surface area contributed by atoms with Gasteiger partial charge in [-0.05, 0) is 25.8 Å². The van der Waals surface area contributed by atoms with Crippen LogP contribution in [0.4, 0.5) is 0 Å². The molecule has 1 saturated carbocycles. The lowest BCUT2D eigenvalue weighted by molar-refractivity contribution is -0.109. The highest BCUT2D eigenvalue weighted by Gasteiger charge is 2.56. The van der Waals surface area contributed by atoms with Crippen molar-refractivity contribution in [1.29, 1.82) is 0 Å². The van der Waals surface area contributed by atoms with Crippen molar-refractivity contribution in [1.82, 2.24) is 9.78 Å². The SMILES string of the molecule is CCn1cc(OC[C@@]2(c3ccccc3)C[C@H]2C=O)c(C)n1. The Kier molecular flexibility index (Phi) is 3.53. The van der Waals surface area contributed by atoms with Crippen molar-refractivity contribution in [2.24, 2.45) is 5.92 Å². The zero-order chi connectivity index (χ0) is 14.9. The van der Waals surface area contributed by atoms with Crippen LogP contribution < -0.4 is 4.74 Å². The second-order valence-corrected chi connectivity index (χ2v) is 5.69. The maximum atomic E-state index is 11.2. The topological polar surface area (TPSA) is 44.1 Å². The predicted molar refractivity (Wildman–Crippen MR) is 80.4 cm³/mol. The molecule has 0 unspecified atom stereocenters. The van der Waals surface area contributed by atoms with Gasteiger partial charge in [0.25, 0.3) is 0 Å². The molecule has 0 amide bonds. The van der Waals surface area contributed by atoms with E-state index in [0.29, 0.717) is 6.61 Å². The molecule has 1 fully saturated rings. The van der Waals surface area contributed by atoms with Crippen LogP contribution in [-0.2, 0) is 16.8 Å². The molecule has 4 nitrogen and oxygen atoms in total. The molecule has 0 bridgehead atoms. The predicted octanol–water partition coefficient (Wildman–Crippen LogP) is 2.75. The lowest BCUT2D eigenvalue weighted by atomic mass is 9.94. The summed E-state index contributed by atoms with van der Waals surface area (Å²) in [4.78, 5) is 11.2. The van der Waals surface area contributed by atoms with Gasteiger partial charge in [0.2, 0.25) is 0 Å². The lowest BCUT2D eigenvalue weighted by Gasteiger charge is -2.17. The number of nitrogens with zero attached hydrogens (tertiary/aromatic N) is 2. The van der Waals surface area contributed by atoms with Gasteiger partial charge in [0, 0.05) is 17.9 Å². The highest BCUT2D eigenvalue weighted by atomic mass is 16.5. The maximum absolute atomic E-state index is 11.2. The van der Waals surface area contributed by atoms with Gasteiger partial charge >= 0.3 is 0 Å². The third-order valence-corrected chi connectivity index (χ3v) is 4.36. The number of benzene rings is 1. The number of hydrogen-bond donors (Lipinski definition) is 0. The molecule has 1 aromatic carbocycles. The largest absolute Gasteiger partial charge is 0.489 e. The van der Waals surface area contributed by atoms with E-state index in [1.54, 1.807) is 0 Å². The Morgan fingerprint density at radius 2 is 2.19 bits per heavy atom. The first-order valence-electron chi connectivity index (χ1n) is 7.37. The monoisotopic (exact) mass is 284 g/mol. The summed E-state index contributed by atoms with van der Waals surface area (Å²) in [5, 5.41) is 4.38. The highest BCUT2D eigenvalue weighted by molar-refractivity contribution is 5.64. The summed E-state index contributed by atoms with van der Waals surface area (Å²) in [6.45, 7) is 5.34. The van der Waals surface area contributed by atoms with Gasteiger partial charge in [-0.1, -0.05) is 30.3 Å². The first-order chi connectivity index (χ1) is 10.2. The van der Waals surface area contributed by atoms with Gasteiger partial charge in [-0.2, -0.15) is 5.10 Å². The van der Waals surface area contributed by atoms with E-state index < -0.39 is 0 Å². The van der Waals surface area contributed by atoms with Crippen molar-refractivity contribution in [3.05, 3.63) is 47.8 Å².